The Morgan fingerprint density at radius 3 is 2.34 bits per heavy atom. The second-order valence-corrected chi connectivity index (χ2v) is 15.5. The molecule has 15 heteroatoms. The Morgan fingerprint density at radius 2 is 1.73 bits per heavy atom. The van der Waals surface area contributed by atoms with E-state index in [1.807, 2.05) is 25.7 Å². The van der Waals surface area contributed by atoms with Crippen molar-refractivity contribution in [2.75, 3.05) is 34.9 Å². The zero-order valence-corrected chi connectivity index (χ0v) is 35.1. The molecule has 3 aliphatic heterocycles. The van der Waals surface area contributed by atoms with Crippen LogP contribution in [0.15, 0.2) is 24.3 Å². The zero-order valence-electron chi connectivity index (χ0n) is 35.1. The van der Waals surface area contributed by atoms with Gasteiger partial charge in [0.25, 0.3) is 0 Å². The maximum atomic E-state index is 13.3. The molecule has 3 aliphatic rings. The van der Waals surface area contributed by atoms with Crippen molar-refractivity contribution >= 4 is 24.0 Å². The fraction of sp³-hybridized carbons (Fsp3) is 0.805. The molecule has 0 aliphatic carbocycles. The standard InChI is InChI=1S/C41H67NO14/c1-12-31(45)54-30-22-32(46)51-25(4)17-15-14-16-18-29(44)24(3)21-28(19-20-43)37(38(30)48-10)56-40-35(47)34(42(8)9)36(26(5)53-40)55-33-23-41(7,49-11)39(50-13-2)27(6)52-33/h14-16,18,20,24-28,30,33-40,47H,12-13,17,19,21-23H2,1-11H3/b15-14+,18-16+/t24-,25-,26-,27+,28+,30-,33+,34-,35-,36-,37+,38+,39+,40+,41-/m1/s1. The van der Waals surface area contributed by atoms with Crippen molar-refractivity contribution in [2.45, 2.75) is 166 Å². The first-order valence-electron chi connectivity index (χ1n) is 19.9. The molecule has 56 heavy (non-hydrogen) atoms. The molecule has 0 saturated carbocycles. The topological polar surface area (TPSA) is 175 Å². The number of hydrogen-bond acceptors (Lipinski definition) is 15. The van der Waals surface area contributed by atoms with Gasteiger partial charge in [-0.15, -0.1) is 0 Å². The minimum atomic E-state index is -1.33. The third-order valence-corrected chi connectivity index (χ3v) is 11.0. The van der Waals surface area contributed by atoms with Gasteiger partial charge in [-0.05, 0) is 67.1 Å². The number of hydrogen-bond donors (Lipinski definition) is 1. The highest BCUT2D eigenvalue weighted by atomic mass is 16.7. The van der Waals surface area contributed by atoms with E-state index in [1.54, 1.807) is 67.1 Å². The van der Waals surface area contributed by atoms with E-state index in [9.17, 15) is 24.3 Å². The van der Waals surface area contributed by atoms with Crippen LogP contribution in [0.1, 0.15) is 87.0 Å². The number of likely N-dealkylation sites (N-methyl/N-ethyl adjacent to an activating group) is 1. The minimum absolute atomic E-state index is 0.0114. The van der Waals surface area contributed by atoms with Gasteiger partial charge < -0.3 is 57.4 Å². The number of allylic oxidation sites excluding steroid dienone is 3. The quantitative estimate of drug-likeness (QED) is 0.211. The molecule has 320 valence electrons. The number of carbonyl (C=O) groups excluding carboxylic acids is 4. The van der Waals surface area contributed by atoms with Gasteiger partial charge in [-0.1, -0.05) is 32.1 Å². The normalized spacial score (nSPS) is 40.4. The molecule has 3 heterocycles. The molecular weight excluding hydrogens is 730 g/mol. The van der Waals surface area contributed by atoms with Crippen molar-refractivity contribution in [3.63, 3.8) is 0 Å². The molecular formula is C41H67NO14. The van der Waals surface area contributed by atoms with Crippen molar-refractivity contribution < 1.29 is 66.9 Å². The van der Waals surface area contributed by atoms with Crippen LogP contribution < -0.4 is 0 Å². The smallest absolute Gasteiger partial charge is 0.309 e. The highest BCUT2D eigenvalue weighted by molar-refractivity contribution is 5.91. The van der Waals surface area contributed by atoms with Gasteiger partial charge in [0.2, 0.25) is 0 Å². The summed E-state index contributed by atoms with van der Waals surface area (Å²) in [6.07, 6.45) is -1.75. The van der Waals surface area contributed by atoms with Crippen molar-refractivity contribution in [3.8, 4) is 0 Å². The second-order valence-electron chi connectivity index (χ2n) is 15.5. The summed E-state index contributed by atoms with van der Waals surface area (Å²) in [5, 5.41) is 12.1. The number of ether oxygens (including phenoxy) is 9. The summed E-state index contributed by atoms with van der Waals surface area (Å²) in [4.78, 5) is 53.5. The van der Waals surface area contributed by atoms with Crippen LogP contribution in [0.5, 0.6) is 0 Å². The molecule has 0 bridgehead atoms. The van der Waals surface area contributed by atoms with Crippen LogP contribution in [0.3, 0.4) is 0 Å². The summed E-state index contributed by atoms with van der Waals surface area (Å²) < 4.78 is 55.4. The summed E-state index contributed by atoms with van der Waals surface area (Å²) in [6.45, 7) is 13.2. The Labute approximate surface area is 332 Å². The van der Waals surface area contributed by atoms with Crippen LogP contribution in [-0.4, -0.2) is 148 Å². The Bertz CT molecular complexity index is 1320. The average molecular weight is 798 g/mol. The van der Waals surface area contributed by atoms with Crippen molar-refractivity contribution in [3.05, 3.63) is 24.3 Å². The number of methoxy groups -OCH3 is 2. The van der Waals surface area contributed by atoms with Gasteiger partial charge in [0.15, 0.2) is 18.4 Å². The van der Waals surface area contributed by atoms with E-state index >= 15 is 0 Å². The SMILES string of the molecule is CCO[C@H]1[C@H](C)O[C@@H](O[C@H]2[C@H](N(C)C)[C@@H](O)[C@H](O[C@H]3[C@@H](CC=O)C[C@@H](C)C(=O)/C=C/C=C/C[C@@H](C)OC(=O)C[C@@H](OC(=O)CC)[C@@H]3OC)O[C@@H]2C)C[C@@]1(C)OC. The molecule has 1 N–H and O–H groups in total. The molecule has 0 aromatic rings. The van der Waals surface area contributed by atoms with Gasteiger partial charge >= 0.3 is 11.9 Å². The lowest BCUT2D eigenvalue weighted by Gasteiger charge is -2.51. The van der Waals surface area contributed by atoms with Gasteiger partial charge in [0.1, 0.15) is 42.9 Å². The molecule has 15 nitrogen and oxygen atoms in total. The molecule has 2 fully saturated rings. The molecule has 3 rings (SSSR count). The number of rotatable bonds is 13. The summed E-state index contributed by atoms with van der Waals surface area (Å²) in [6, 6.07) is -0.693. The zero-order chi connectivity index (χ0) is 41.7. The molecule has 0 amide bonds. The van der Waals surface area contributed by atoms with Crippen molar-refractivity contribution in [2.24, 2.45) is 11.8 Å². The Morgan fingerprint density at radius 1 is 1.02 bits per heavy atom. The maximum Gasteiger partial charge on any atom is 0.309 e. The molecule has 2 saturated heterocycles. The fourth-order valence-electron chi connectivity index (χ4n) is 7.95. The molecule has 0 unspecified atom stereocenters. The number of nitrogens with zero attached hydrogens (tertiary/aromatic N) is 1. The number of ketones is 1. The Balaban J connectivity index is 2.04. The molecule has 0 aromatic carbocycles. The van der Waals surface area contributed by atoms with Gasteiger partial charge in [-0.2, -0.15) is 0 Å². The van der Waals surface area contributed by atoms with Crippen molar-refractivity contribution in [1.29, 1.82) is 0 Å². The second kappa shape index (κ2) is 22.5. The van der Waals surface area contributed by atoms with E-state index in [0.29, 0.717) is 25.7 Å². The Hall–Kier alpha value is -2.60. The lowest BCUT2D eigenvalue weighted by atomic mass is 9.83. The number of aldehydes is 1. The monoisotopic (exact) mass is 797 g/mol. The van der Waals surface area contributed by atoms with Gasteiger partial charge in [-0.3, -0.25) is 14.4 Å². The van der Waals surface area contributed by atoms with E-state index in [-0.39, 0.29) is 43.7 Å². The van der Waals surface area contributed by atoms with Crippen LogP contribution in [0.4, 0.5) is 0 Å². The lowest BCUT2D eigenvalue weighted by molar-refractivity contribution is -0.346. The van der Waals surface area contributed by atoms with E-state index in [1.165, 1.54) is 13.2 Å². The van der Waals surface area contributed by atoms with Crippen LogP contribution in [-0.2, 0) is 61.8 Å². The highest BCUT2D eigenvalue weighted by Crippen LogP contribution is 2.38. The lowest BCUT2D eigenvalue weighted by Crippen LogP contribution is -2.66. The molecule has 0 radical (unpaired) electrons. The van der Waals surface area contributed by atoms with Crippen LogP contribution in [0, 0.1) is 11.8 Å². The number of aliphatic hydroxyl groups excluding tert-OH is 1. The number of carbonyl (C=O) groups is 4. The predicted octanol–water partition coefficient (Wildman–Crippen LogP) is 3.71. The van der Waals surface area contributed by atoms with Gasteiger partial charge in [0.05, 0.1) is 36.4 Å². The van der Waals surface area contributed by atoms with E-state index in [2.05, 4.69) is 0 Å². The summed E-state index contributed by atoms with van der Waals surface area (Å²) in [5.74, 6) is -2.69. The van der Waals surface area contributed by atoms with E-state index in [0.717, 1.165) is 0 Å². The number of esters is 2. The third-order valence-electron chi connectivity index (χ3n) is 11.0. The molecule has 15 atom stereocenters. The minimum Gasteiger partial charge on any atom is -0.462 e. The summed E-state index contributed by atoms with van der Waals surface area (Å²) in [5.41, 5.74) is -0.713. The van der Waals surface area contributed by atoms with Crippen LogP contribution in [0.25, 0.3) is 0 Å². The Kier molecular flexibility index (Phi) is 19.2. The average Bonchev–Trinajstić information content (AvgIpc) is 3.13. The fourth-order valence-corrected chi connectivity index (χ4v) is 7.95. The largest absolute Gasteiger partial charge is 0.462 e. The van der Waals surface area contributed by atoms with Crippen LogP contribution >= 0.6 is 0 Å². The van der Waals surface area contributed by atoms with E-state index < -0.39 is 90.7 Å². The third kappa shape index (κ3) is 12.7. The molecule has 0 aromatic heterocycles. The van der Waals surface area contributed by atoms with Crippen molar-refractivity contribution in [1.82, 2.24) is 4.90 Å². The first-order valence-corrected chi connectivity index (χ1v) is 19.9. The van der Waals surface area contributed by atoms with E-state index in [4.69, 9.17) is 42.6 Å². The first-order chi connectivity index (χ1) is 26.5. The van der Waals surface area contributed by atoms with Crippen LogP contribution in [0.2, 0.25) is 0 Å². The predicted molar refractivity (Wildman–Crippen MR) is 204 cm³/mol. The summed E-state index contributed by atoms with van der Waals surface area (Å²) in [7, 11) is 6.61. The summed E-state index contributed by atoms with van der Waals surface area (Å²) >= 11 is 0. The number of aliphatic hydroxyl groups is 1. The molecule has 0 spiro atoms. The number of cyclic esters (lactones) is 1. The van der Waals surface area contributed by atoms with Gasteiger partial charge in [-0.25, -0.2) is 0 Å². The van der Waals surface area contributed by atoms with Gasteiger partial charge in [0, 0.05) is 52.4 Å². The maximum absolute atomic E-state index is 13.3. The first kappa shape index (κ1) is 47.8. The highest BCUT2D eigenvalue weighted by Gasteiger charge is 2.53.